The van der Waals surface area contributed by atoms with Gasteiger partial charge in [0.2, 0.25) is 0 Å². The molecule has 1 heteroatoms. The van der Waals surface area contributed by atoms with E-state index in [9.17, 15) is 0 Å². The Morgan fingerprint density at radius 2 is 1.88 bits per heavy atom. The van der Waals surface area contributed by atoms with Crippen molar-refractivity contribution >= 4 is 0 Å². The van der Waals surface area contributed by atoms with E-state index in [1.807, 2.05) is 0 Å². The number of nitrogens with zero attached hydrogens (tertiary/aromatic N) is 1. The van der Waals surface area contributed by atoms with Crippen LogP contribution in [0.1, 0.15) is 23.9 Å². The van der Waals surface area contributed by atoms with Crippen LogP contribution in [0.2, 0.25) is 0 Å². The molecule has 2 aromatic rings. The predicted octanol–water partition coefficient (Wildman–Crippen LogP) is 3.52. The van der Waals surface area contributed by atoms with Crippen LogP contribution in [0.5, 0.6) is 0 Å². The molecule has 1 unspecified atom stereocenters. The Kier molecular flexibility index (Phi) is 2.13. The van der Waals surface area contributed by atoms with Gasteiger partial charge < -0.3 is 4.57 Å². The summed E-state index contributed by atoms with van der Waals surface area (Å²) in [4.78, 5) is 0. The summed E-state index contributed by atoms with van der Waals surface area (Å²) in [5.74, 6) is 0.806. The smallest absolute Gasteiger partial charge is 0.0455 e. The Bertz CT molecular complexity index is 508. The number of fused-ring (bicyclic) bond motifs is 1. The van der Waals surface area contributed by atoms with Gasteiger partial charge in [-0.3, -0.25) is 0 Å². The van der Waals surface area contributed by atoms with E-state index in [0.717, 1.165) is 5.92 Å². The van der Waals surface area contributed by atoms with Gasteiger partial charge >= 0.3 is 0 Å². The highest BCUT2D eigenvalue weighted by atomic mass is 15.0. The lowest BCUT2D eigenvalue weighted by Crippen LogP contribution is -2.02. The Labute approximate surface area is 96.7 Å². The van der Waals surface area contributed by atoms with Crippen LogP contribution in [0, 0.1) is 12.8 Å². The SMILES string of the molecule is Cc1cc2c(n1-c1ccccc1)CC(C)C2. The zero-order chi connectivity index (χ0) is 11.1. The molecule has 0 bridgehead atoms. The molecule has 0 spiro atoms. The quantitative estimate of drug-likeness (QED) is 0.680. The normalized spacial score (nSPS) is 18.8. The number of para-hydroxylation sites is 1. The number of hydrogen-bond donors (Lipinski definition) is 0. The average molecular weight is 211 g/mol. The van der Waals surface area contributed by atoms with E-state index in [1.165, 1.54) is 29.9 Å². The van der Waals surface area contributed by atoms with Gasteiger partial charge in [-0.05, 0) is 49.4 Å². The maximum Gasteiger partial charge on any atom is 0.0455 e. The van der Waals surface area contributed by atoms with Crippen molar-refractivity contribution in [3.63, 3.8) is 0 Å². The fraction of sp³-hybridized carbons (Fsp3) is 0.333. The lowest BCUT2D eigenvalue weighted by atomic mass is 10.1. The topological polar surface area (TPSA) is 4.93 Å². The van der Waals surface area contributed by atoms with Gasteiger partial charge in [-0.15, -0.1) is 0 Å². The lowest BCUT2D eigenvalue weighted by Gasteiger charge is -2.11. The van der Waals surface area contributed by atoms with E-state index in [0.29, 0.717) is 0 Å². The number of benzene rings is 1. The molecule has 3 rings (SSSR count). The van der Waals surface area contributed by atoms with Crippen LogP contribution in [-0.4, -0.2) is 4.57 Å². The molecule has 82 valence electrons. The number of aryl methyl sites for hydroxylation is 1. The van der Waals surface area contributed by atoms with Gasteiger partial charge in [0.15, 0.2) is 0 Å². The first kappa shape index (κ1) is 9.71. The second kappa shape index (κ2) is 3.51. The van der Waals surface area contributed by atoms with Gasteiger partial charge in [-0.25, -0.2) is 0 Å². The van der Waals surface area contributed by atoms with Crippen LogP contribution >= 0.6 is 0 Å². The highest BCUT2D eigenvalue weighted by Crippen LogP contribution is 2.31. The van der Waals surface area contributed by atoms with Crippen molar-refractivity contribution in [3.8, 4) is 5.69 Å². The predicted molar refractivity (Wildman–Crippen MR) is 67.1 cm³/mol. The first-order valence-corrected chi connectivity index (χ1v) is 6.01. The maximum atomic E-state index is 2.42. The van der Waals surface area contributed by atoms with Crippen LogP contribution in [-0.2, 0) is 12.8 Å². The molecule has 1 aromatic heterocycles. The van der Waals surface area contributed by atoms with Crippen molar-refractivity contribution in [2.24, 2.45) is 5.92 Å². The molecule has 1 aliphatic rings. The van der Waals surface area contributed by atoms with Crippen molar-refractivity contribution in [3.05, 3.63) is 53.3 Å². The summed E-state index contributed by atoms with van der Waals surface area (Å²) >= 11 is 0. The summed E-state index contributed by atoms with van der Waals surface area (Å²) in [6.45, 7) is 4.54. The van der Waals surface area contributed by atoms with E-state index in [-0.39, 0.29) is 0 Å². The van der Waals surface area contributed by atoms with E-state index < -0.39 is 0 Å². The van der Waals surface area contributed by atoms with Gasteiger partial charge in [0.1, 0.15) is 0 Å². The van der Waals surface area contributed by atoms with Gasteiger partial charge in [-0.1, -0.05) is 25.1 Å². The Balaban J connectivity index is 2.15. The molecule has 0 fully saturated rings. The molecule has 0 saturated heterocycles. The summed E-state index contributed by atoms with van der Waals surface area (Å²) in [7, 11) is 0. The molecular weight excluding hydrogens is 194 g/mol. The number of rotatable bonds is 1. The van der Waals surface area contributed by atoms with Crippen LogP contribution in [0.25, 0.3) is 5.69 Å². The third-order valence-corrected chi connectivity index (χ3v) is 3.50. The maximum absolute atomic E-state index is 2.42. The average Bonchev–Trinajstić information content (AvgIpc) is 2.74. The molecule has 1 aliphatic carbocycles. The molecule has 1 nitrogen and oxygen atoms in total. The van der Waals surface area contributed by atoms with Crippen LogP contribution in [0.15, 0.2) is 36.4 Å². The van der Waals surface area contributed by atoms with Crippen molar-refractivity contribution in [1.82, 2.24) is 4.57 Å². The Morgan fingerprint density at radius 3 is 2.62 bits per heavy atom. The highest BCUT2D eigenvalue weighted by molar-refractivity contribution is 5.43. The van der Waals surface area contributed by atoms with E-state index in [1.54, 1.807) is 5.56 Å². The minimum atomic E-state index is 0.806. The minimum Gasteiger partial charge on any atom is -0.318 e. The third-order valence-electron chi connectivity index (χ3n) is 3.50. The third kappa shape index (κ3) is 1.39. The summed E-state index contributed by atoms with van der Waals surface area (Å²) < 4.78 is 2.42. The number of aromatic nitrogens is 1. The van der Waals surface area contributed by atoms with E-state index in [2.05, 4.69) is 54.8 Å². The molecule has 0 N–H and O–H groups in total. The zero-order valence-corrected chi connectivity index (χ0v) is 9.90. The molecule has 16 heavy (non-hydrogen) atoms. The first-order valence-electron chi connectivity index (χ1n) is 6.01. The molecule has 1 aromatic carbocycles. The Morgan fingerprint density at radius 1 is 1.12 bits per heavy atom. The molecule has 0 saturated carbocycles. The molecule has 1 heterocycles. The van der Waals surface area contributed by atoms with Crippen LogP contribution in [0.4, 0.5) is 0 Å². The first-order chi connectivity index (χ1) is 7.75. The van der Waals surface area contributed by atoms with E-state index in [4.69, 9.17) is 0 Å². The fourth-order valence-corrected chi connectivity index (χ4v) is 2.87. The lowest BCUT2D eigenvalue weighted by molar-refractivity contribution is 0.614. The van der Waals surface area contributed by atoms with Crippen molar-refractivity contribution in [2.75, 3.05) is 0 Å². The fourth-order valence-electron chi connectivity index (χ4n) is 2.87. The Hall–Kier alpha value is -1.50. The molecule has 0 amide bonds. The summed E-state index contributed by atoms with van der Waals surface area (Å²) in [6.07, 6.45) is 2.47. The zero-order valence-electron chi connectivity index (χ0n) is 9.90. The van der Waals surface area contributed by atoms with Crippen molar-refractivity contribution in [1.29, 1.82) is 0 Å². The van der Waals surface area contributed by atoms with Crippen molar-refractivity contribution < 1.29 is 0 Å². The van der Waals surface area contributed by atoms with E-state index >= 15 is 0 Å². The largest absolute Gasteiger partial charge is 0.318 e. The highest BCUT2D eigenvalue weighted by Gasteiger charge is 2.23. The standard InChI is InChI=1S/C15H17N/c1-11-8-13-10-12(2)16(15(13)9-11)14-6-4-3-5-7-14/h3-7,10-11H,8-9H2,1-2H3. The second-order valence-electron chi connectivity index (χ2n) is 4.94. The molecular formula is C15H17N. The van der Waals surface area contributed by atoms with Crippen molar-refractivity contribution in [2.45, 2.75) is 26.7 Å². The molecule has 1 atom stereocenters. The summed E-state index contributed by atoms with van der Waals surface area (Å²) in [5, 5.41) is 0. The minimum absolute atomic E-state index is 0.806. The summed E-state index contributed by atoms with van der Waals surface area (Å²) in [5.41, 5.74) is 5.74. The van der Waals surface area contributed by atoms with Crippen LogP contribution in [0.3, 0.4) is 0 Å². The van der Waals surface area contributed by atoms with Gasteiger partial charge in [0, 0.05) is 17.1 Å². The summed E-state index contributed by atoms with van der Waals surface area (Å²) in [6, 6.07) is 13.0. The van der Waals surface area contributed by atoms with Crippen LogP contribution < -0.4 is 0 Å². The van der Waals surface area contributed by atoms with Gasteiger partial charge in [-0.2, -0.15) is 0 Å². The monoisotopic (exact) mass is 211 g/mol. The van der Waals surface area contributed by atoms with Gasteiger partial charge in [0.25, 0.3) is 0 Å². The molecule has 0 aliphatic heterocycles. The van der Waals surface area contributed by atoms with Gasteiger partial charge in [0.05, 0.1) is 0 Å². The molecule has 0 radical (unpaired) electrons. The second-order valence-corrected chi connectivity index (χ2v) is 4.94. The number of hydrogen-bond acceptors (Lipinski definition) is 0.